The largest absolute Gasteiger partial charge is 0.469 e. The first kappa shape index (κ1) is 14.4. The fourth-order valence-electron chi connectivity index (χ4n) is 4.30. The minimum atomic E-state index is -0.717. The molecule has 2 rings (SSSR count). The van der Waals surface area contributed by atoms with Gasteiger partial charge in [-0.15, -0.1) is 0 Å². The summed E-state index contributed by atoms with van der Waals surface area (Å²) in [6.45, 7) is 1.91. The SMILES string of the molecule is COC(=O)C1CCC2CCCCC2C1(C)C(=O)OC. The predicted molar refractivity (Wildman–Crippen MR) is 70.3 cm³/mol. The van der Waals surface area contributed by atoms with Gasteiger partial charge in [-0.1, -0.05) is 19.3 Å². The molecule has 19 heavy (non-hydrogen) atoms. The predicted octanol–water partition coefficient (Wildman–Crippen LogP) is 2.56. The van der Waals surface area contributed by atoms with Crippen molar-refractivity contribution >= 4 is 11.9 Å². The zero-order valence-corrected chi connectivity index (χ0v) is 12.1. The summed E-state index contributed by atoms with van der Waals surface area (Å²) in [6, 6.07) is 0. The number of methoxy groups -OCH3 is 2. The average molecular weight is 268 g/mol. The first-order valence-corrected chi connectivity index (χ1v) is 7.22. The molecule has 0 amide bonds. The lowest BCUT2D eigenvalue weighted by molar-refractivity contribution is -0.178. The van der Waals surface area contributed by atoms with Crippen molar-refractivity contribution in [2.45, 2.75) is 45.4 Å². The van der Waals surface area contributed by atoms with E-state index in [1.807, 2.05) is 6.92 Å². The Hall–Kier alpha value is -1.06. The van der Waals surface area contributed by atoms with Gasteiger partial charge in [-0.05, 0) is 38.0 Å². The number of hydrogen-bond acceptors (Lipinski definition) is 4. The van der Waals surface area contributed by atoms with Crippen LogP contribution in [-0.2, 0) is 19.1 Å². The monoisotopic (exact) mass is 268 g/mol. The molecule has 2 aliphatic rings. The number of esters is 2. The van der Waals surface area contributed by atoms with Crippen molar-refractivity contribution in [2.75, 3.05) is 14.2 Å². The second-order valence-corrected chi connectivity index (χ2v) is 6.08. The Kier molecular flexibility index (Phi) is 4.16. The molecule has 0 aromatic rings. The van der Waals surface area contributed by atoms with Crippen LogP contribution in [0.1, 0.15) is 45.4 Å². The molecule has 0 aromatic carbocycles. The molecule has 0 spiro atoms. The Morgan fingerprint density at radius 1 is 1.00 bits per heavy atom. The zero-order valence-electron chi connectivity index (χ0n) is 12.1. The fraction of sp³-hybridized carbons (Fsp3) is 0.867. The van der Waals surface area contributed by atoms with Crippen LogP contribution in [0.4, 0.5) is 0 Å². The van der Waals surface area contributed by atoms with Crippen LogP contribution in [-0.4, -0.2) is 26.2 Å². The molecular formula is C15H24O4. The Morgan fingerprint density at radius 2 is 1.68 bits per heavy atom. The fourth-order valence-corrected chi connectivity index (χ4v) is 4.30. The Labute approximate surface area is 114 Å². The molecule has 0 radical (unpaired) electrons. The maximum Gasteiger partial charge on any atom is 0.312 e. The second-order valence-electron chi connectivity index (χ2n) is 6.08. The van der Waals surface area contributed by atoms with E-state index in [0.717, 1.165) is 25.7 Å². The quantitative estimate of drug-likeness (QED) is 0.722. The van der Waals surface area contributed by atoms with E-state index in [1.165, 1.54) is 27.1 Å². The van der Waals surface area contributed by atoms with Crippen LogP contribution in [0.3, 0.4) is 0 Å². The van der Waals surface area contributed by atoms with E-state index in [1.54, 1.807) is 0 Å². The van der Waals surface area contributed by atoms with Gasteiger partial charge in [0.25, 0.3) is 0 Å². The number of fused-ring (bicyclic) bond motifs is 1. The van der Waals surface area contributed by atoms with E-state index in [-0.39, 0.29) is 23.8 Å². The summed E-state index contributed by atoms with van der Waals surface area (Å²) < 4.78 is 9.93. The Bertz CT molecular complexity index is 365. The minimum absolute atomic E-state index is 0.250. The molecule has 0 heterocycles. The van der Waals surface area contributed by atoms with Crippen LogP contribution in [0.2, 0.25) is 0 Å². The Morgan fingerprint density at radius 3 is 2.32 bits per heavy atom. The van der Waals surface area contributed by atoms with Crippen molar-refractivity contribution in [3.63, 3.8) is 0 Å². The van der Waals surface area contributed by atoms with Gasteiger partial charge < -0.3 is 9.47 Å². The highest BCUT2D eigenvalue weighted by Gasteiger charge is 2.57. The molecule has 0 N–H and O–H groups in total. The lowest BCUT2D eigenvalue weighted by Gasteiger charge is -2.49. The highest BCUT2D eigenvalue weighted by molar-refractivity contribution is 5.85. The van der Waals surface area contributed by atoms with Gasteiger partial charge in [0, 0.05) is 0 Å². The minimum Gasteiger partial charge on any atom is -0.469 e. The van der Waals surface area contributed by atoms with Crippen molar-refractivity contribution in [3.05, 3.63) is 0 Å². The number of hydrogen-bond donors (Lipinski definition) is 0. The lowest BCUT2D eigenvalue weighted by atomic mass is 9.53. The molecule has 2 aliphatic carbocycles. The van der Waals surface area contributed by atoms with Crippen LogP contribution in [0.15, 0.2) is 0 Å². The summed E-state index contributed by atoms with van der Waals surface area (Å²) in [6.07, 6.45) is 6.33. The van der Waals surface area contributed by atoms with E-state index < -0.39 is 5.41 Å². The zero-order chi connectivity index (χ0) is 14.0. The van der Waals surface area contributed by atoms with Gasteiger partial charge in [0.05, 0.1) is 25.6 Å². The van der Waals surface area contributed by atoms with Crippen molar-refractivity contribution in [2.24, 2.45) is 23.2 Å². The second kappa shape index (κ2) is 5.51. The van der Waals surface area contributed by atoms with Gasteiger partial charge in [0.1, 0.15) is 0 Å². The standard InChI is InChI=1S/C15H24O4/c1-15(14(17)19-3)11-7-5-4-6-10(11)8-9-12(15)13(16)18-2/h10-12H,4-9H2,1-3H3. The van der Waals surface area contributed by atoms with Crippen LogP contribution in [0, 0.1) is 23.2 Å². The molecule has 4 unspecified atom stereocenters. The van der Waals surface area contributed by atoms with Crippen molar-refractivity contribution in [1.82, 2.24) is 0 Å². The van der Waals surface area contributed by atoms with Crippen LogP contribution in [0.25, 0.3) is 0 Å². The van der Waals surface area contributed by atoms with E-state index in [0.29, 0.717) is 5.92 Å². The first-order valence-electron chi connectivity index (χ1n) is 7.22. The van der Waals surface area contributed by atoms with Crippen LogP contribution < -0.4 is 0 Å². The van der Waals surface area contributed by atoms with Gasteiger partial charge in [0.15, 0.2) is 0 Å². The summed E-state index contributed by atoms with van der Waals surface area (Å²) in [5.41, 5.74) is -0.717. The smallest absolute Gasteiger partial charge is 0.312 e. The van der Waals surface area contributed by atoms with Gasteiger partial charge >= 0.3 is 11.9 Å². The lowest BCUT2D eigenvalue weighted by Crippen LogP contribution is -2.53. The van der Waals surface area contributed by atoms with Gasteiger partial charge in [-0.2, -0.15) is 0 Å². The van der Waals surface area contributed by atoms with E-state index in [9.17, 15) is 9.59 Å². The van der Waals surface area contributed by atoms with Crippen LogP contribution >= 0.6 is 0 Å². The van der Waals surface area contributed by atoms with E-state index in [2.05, 4.69) is 0 Å². The third-order valence-corrected chi connectivity index (χ3v) is 5.34. The molecule has 0 saturated heterocycles. The summed E-state index contributed by atoms with van der Waals surface area (Å²) in [7, 11) is 2.81. The summed E-state index contributed by atoms with van der Waals surface area (Å²) >= 11 is 0. The summed E-state index contributed by atoms with van der Waals surface area (Å²) in [5.74, 6) is -0.0639. The first-order chi connectivity index (χ1) is 9.05. The molecule has 2 fully saturated rings. The van der Waals surface area contributed by atoms with Crippen molar-refractivity contribution in [1.29, 1.82) is 0 Å². The average Bonchev–Trinajstić information content (AvgIpc) is 2.46. The van der Waals surface area contributed by atoms with Gasteiger partial charge in [0.2, 0.25) is 0 Å². The molecule has 4 atom stereocenters. The van der Waals surface area contributed by atoms with E-state index in [4.69, 9.17) is 9.47 Å². The van der Waals surface area contributed by atoms with Crippen molar-refractivity contribution < 1.29 is 19.1 Å². The van der Waals surface area contributed by atoms with E-state index >= 15 is 0 Å². The van der Waals surface area contributed by atoms with Crippen molar-refractivity contribution in [3.8, 4) is 0 Å². The normalized spacial score (nSPS) is 38.2. The molecule has 108 valence electrons. The number of ether oxygens (including phenoxy) is 2. The molecule has 4 heteroatoms. The third kappa shape index (κ3) is 2.26. The number of rotatable bonds is 2. The maximum atomic E-state index is 12.3. The van der Waals surface area contributed by atoms with Crippen LogP contribution in [0.5, 0.6) is 0 Å². The highest BCUT2D eigenvalue weighted by atomic mass is 16.5. The number of carbonyl (C=O) groups excluding carboxylic acids is 2. The maximum absolute atomic E-state index is 12.3. The molecule has 2 saturated carbocycles. The molecule has 0 aliphatic heterocycles. The molecule has 4 nitrogen and oxygen atoms in total. The third-order valence-electron chi connectivity index (χ3n) is 5.34. The molecular weight excluding hydrogens is 244 g/mol. The molecule has 0 aromatic heterocycles. The topological polar surface area (TPSA) is 52.6 Å². The summed E-state index contributed by atoms with van der Waals surface area (Å²) in [5, 5.41) is 0. The molecule has 0 bridgehead atoms. The highest BCUT2D eigenvalue weighted by Crippen LogP contribution is 2.54. The van der Waals surface area contributed by atoms with Gasteiger partial charge in [-0.25, -0.2) is 0 Å². The summed E-state index contributed by atoms with van der Waals surface area (Å²) in [4.78, 5) is 24.4. The van der Waals surface area contributed by atoms with Gasteiger partial charge in [-0.3, -0.25) is 9.59 Å². The Balaban J connectivity index is 2.35. The number of carbonyl (C=O) groups is 2.